The Labute approximate surface area is 114 Å². The standard InChI is InChI=1S/C14H23N4O/c1-3-16-8-9-17(13-16)10-12-19-11-5-14-15-6-7-18(14)4-2/h6-9,13H,3-5,10-12H2,1-2H3/q+1/p+1. The molecule has 104 valence electrons. The number of hydrogen-bond donors (Lipinski definition) is 1. The first-order chi connectivity index (χ1) is 9.33. The van der Waals surface area contributed by atoms with Gasteiger partial charge in [-0.05, 0) is 13.8 Å². The van der Waals surface area contributed by atoms with Crippen molar-refractivity contribution in [2.24, 2.45) is 0 Å². The van der Waals surface area contributed by atoms with Gasteiger partial charge in [0.1, 0.15) is 31.3 Å². The fourth-order valence-electron chi connectivity index (χ4n) is 2.11. The smallest absolute Gasteiger partial charge is 0.256 e. The van der Waals surface area contributed by atoms with Crippen LogP contribution in [0.2, 0.25) is 0 Å². The quantitative estimate of drug-likeness (QED) is 0.553. The SMILES string of the molecule is CCn1cc[n+](CCOCCc2[nH]cc[n+]2CC)c1. The number of H-pyrrole nitrogens is 1. The summed E-state index contributed by atoms with van der Waals surface area (Å²) in [4.78, 5) is 3.25. The molecule has 0 saturated carbocycles. The van der Waals surface area contributed by atoms with Crippen LogP contribution in [0.4, 0.5) is 0 Å². The molecule has 0 bridgehead atoms. The number of aromatic nitrogens is 4. The van der Waals surface area contributed by atoms with E-state index in [1.165, 1.54) is 5.82 Å². The molecule has 0 aliphatic heterocycles. The van der Waals surface area contributed by atoms with Gasteiger partial charge in [0.05, 0.1) is 32.7 Å². The summed E-state index contributed by atoms with van der Waals surface area (Å²) < 4.78 is 12.2. The second-order valence-corrected chi connectivity index (χ2v) is 4.54. The molecule has 5 heteroatoms. The van der Waals surface area contributed by atoms with Crippen LogP contribution in [-0.2, 0) is 30.8 Å². The molecular weight excluding hydrogens is 240 g/mol. The Hall–Kier alpha value is -1.62. The lowest BCUT2D eigenvalue weighted by atomic mass is 10.4. The number of nitrogens with zero attached hydrogens (tertiary/aromatic N) is 3. The predicted octanol–water partition coefficient (Wildman–Crippen LogP) is 0.690. The summed E-state index contributed by atoms with van der Waals surface area (Å²) in [6, 6.07) is 0. The van der Waals surface area contributed by atoms with Gasteiger partial charge in [-0.1, -0.05) is 0 Å². The van der Waals surface area contributed by atoms with E-state index in [0.29, 0.717) is 0 Å². The van der Waals surface area contributed by atoms with E-state index in [1.54, 1.807) is 0 Å². The maximum Gasteiger partial charge on any atom is 0.256 e. The van der Waals surface area contributed by atoms with E-state index in [9.17, 15) is 0 Å². The van der Waals surface area contributed by atoms with E-state index in [1.807, 2.05) is 6.20 Å². The van der Waals surface area contributed by atoms with E-state index >= 15 is 0 Å². The Morgan fingerprint density at radius 2 is 2.16 bits per heavy atom. The Kier molecular flexibility index (Phi) is 5.15. The van der Waals surface area contributed by atoms with Crippen LogP contribution in [0.3, 0.4) is 0 Å². The highest BCUT2D eigenvalue weighted by Gasteiger charge is 2.08. The summed E-state index contributed by atoms with van der Waals surface area (Å²) in [6.07, 6.45) is 11.3. The molecule has 2 aromatic heterocycles. The maximum atomic E-state index is 5.69. The van der Waals surface area contributed by atoms with Crippen molar-refractivity contribution in [1.82, 2.24) is 9.55 Å². The summed E-state index contributed by atoms with van der Waals surface area (Å²) in [7, 11) is 0. The lowest BCUT2D eigenvalue weighted by Gasteiger charge is -2.01. The minimum Gasteiger partial charge on any atom is -0.377 e. The molecule has 0 spiro atoms. The van der Waals surface area contributed by atoms with E-state index in [2.05, 4.69) is 57.5 Å². The minimum absolute atomic E-state index is 0.755. The largest absolute Gasteiger partial charge is 0.377 e. The lowest BCUT2D eigenvalue weighted by molar-refractivity contribution is -0.700. The number of hydrogen-bond acceptors (Lipinski definition) is 1. The highest BCUT2D eigenvalue weighted by molar-refractivity contribution is 4.77. The Bertz CT molecular complexity index is 489. The Morgan fingerprint density at radius 3 is 2.89 bits per heavy atom. The zero-order chi connectivity index (χ0) is 13.5. The summed E-state index contributed by atoms with van der Waals surface area (Å²) in [5.41, 5.74) is 0. The van der Waals surface area contributed by atoms with Crippen LogP contribution < -0.4 is 9.13 Å². The van der Waals surface area contributed by atoms with Crippen LogP contribution in [0.5, 0.6) is 0 Å². The van der Waals surface area contributed by atoms with Crippen LogP contribution >= 0.6 is 0 Å². The zero-order valence-corrected chi connectivity index (χ0v) is 11.9. The van der Waals surface area contributed by atoms with Crippen molar-refractivity contribution < 1.29 is 13.9 Å². The van der Waals surface area contributed by atoms with Crippen molar-refractivity contribution in [2.75, 3.05) is 13.2 Å². The van der Waals surface area contributed by atoms with Crippen molar-refractivity contribution in [2.45, 2.75) is 39.9 Å². The van der Waals surface area contributed by atoms with Gasteiger partial charge in [0.25, 0.3) is 5.82 Å². The fraction of sp³-hybridized carbons (Fsp3) is 0.571. The maximum absolute atomic E-state index is 5.69. The van der Waals surface area contributed by atoms with E-state index in [4.69, 9.17) is 4.74 Å². The number of nitrogens with one attached hydrogen (secondary N) is 1. The molecule has 5 nitrogen and oxygen atoms in total. The van der Waals surface area contributed by atoms with Crippen molar-refractivity contribution in [1.29, 1.82) is 0 Å². The van der Waals surface area contributed by atoms with Gasteiger partial charge >= 0.3 is 0 Å². The second kappa shape index (κ2) is 7.09. The van der Waals surface area contributed by atoms with E-state index < -0.39 is 0 Å². The molecule has 1 N–H and O–H groups in total. The molecule has 0 aliphatic carbocycles. The highest BCUT2D eigenvalue weighted by atomic mass is 16.5. The van der Waals surface area contributed by atoms with Crippen molar-refractivity contribution in [3.8, 4) is 0 Å². The number of ether oxygens (including phenoxy) is 1. The molecule has 0 radical (unpaired) electrons. The third kappa shape index (κ3) is 3.92. The van der Waals surface area contributed by atoms with Crippen LogP contribution in [-0.4, -0.2) is 22.8 Å². The van der Waals surface area contributed by atoms with Crippen LogP contribution in [0.1, 0.15) is 19.7 Å². The lowest BCUT2D eigenvalue weighted by Crippen LogP contribution is -2.36. The third-order valence-electron chi connectivity index (χ3n) is 3.28. The van der Waals surface area contributed by atoms with Gasteiger partial charge in [0.15, 0.2) is 0 Å². The summed E-state index contributed by atoms with van der Waals surface area (Å²) in [5, 5.41) is 0. The highest BCUT2D eigenvalue weighted by Crippen LogP contribution is 1.90. The molecule has 19 heavy (non-hydrogen) atoms. The summed E-state index contributed by atoms with van der Waals surface area (Å²) in [5.74, 6) is 1.23. The fourth-order valence-corrected chi connectivity index (χ4v) is 2.11. The first-order valence-electron chi connectivity index (χ1n) is 7.01. The predicted molar refractivity (Wildman–Crippen MR) is 71.5 cm³/mol. The molecule has 0 aromatic carbocycles. The summed E-state index contributed by atoms with van der Waals surface area (Å²) in [6.45, 7) is 8.72. The van der Waals surface area contributed by atoms with Crippen molar-refractivity contribution in [3.63, 3.8) is 0 Å². The second-order valence-electron chi connectivity index (χ2n) is 4.54. The van der Waals surface area contributed by atoms with E-state index in [0.717, 1.165) is 39.3 Å². The Morgan fingerprint density at radius 1 is 1.26 bits per heavy atom. The number of rotatable bonds is 8. The average molecular weight is 264 g/mol. The normalized spacial score (nSPS) is 11.1. The molecule has 0 aliphatic rings. The van der Waals surface area contributed by atoms with Gasteiger partial charge in [0, 0.05) is 0 Å². The molecule has 2 heterocycles. The topological polar surface area (TPSA) is 37.7 Å². The van der Waals surface area contributed by atoms with Crippen molar-refractivity contribution >= 4 is 0 Å². The molecule has 2 aromatic rings. The monoisotopic (exact) mass is 264 g/mol. The van der Waals surface area contributed by atoms with Gasteiger partial charge in [-0.25, -0.2) is 18.7 Å². The number of aromatic amines is 1. The minimum atomic E-state index is 0.755. The number of imidazole rings is 2. The van der Waals surface area contributed by atoms with Gasteiger partial charge in [-0.3, -0.25) is 0 Å². The van der Waals surface area contributed by atoms with Crippen LogP contribution in [0.15, 0.2) is 31.1 Å². The molecular formula is C14H24N4O+2. The molecule has 2 rings (SSSR count). The van der Waals surface area contributed by atoms with Gasteiger partial charge in [0.2, 0.25) is 6.33 Å². The molecule has 0 atom stereocenters. The molecule has 0 unspecified atom stereocenters. The van der Waals surface area contributed by atoms with Crippen LogP contribution in [0.25, 0.3) is 0 Å². The van der Waals surface area contributed by atoms with Crippen LogP contribution in [0, 0.1) is 0 Å². The summed E-state index contributed by atoms with van der Waals surface area (Å²) >= 11 is 0. The first-order valence-corrected chi connectivity index (χ1v) is 7.01. The molecule has 0 amide bonds. The number of aryl methyl sites for hydroxylation is 2. The van der Waals surface area contributed by atoms with E-state index in [-0.39, 0.29) is 0 Å². The molecule has 0 saturated heterocycles. The third-order valence-corrected chi connectivity index (χ3v) is 3.28. The zero-order valence-electron chi connectivity index (χ0n) is 11.9. The first kappa shape index (κ1) is 13.8. The van der Waals surface area contributed by atoms with Gasteiger partial charge in [-0.2, -0.15) is 0 Å². The van der Waals surface area contributed by atoms with Gasteiger partial charge in [-0.15, -0.1) is 0 Å². The molecule has 0 fully saturated rings. The van der Waals surface area contributed by atoms with Crippen molar-refractivity contribution in [3.05, 3.63) is 36.9 Å². The Balaban J connectivity index is 1.64. The van der Waals surface area contributed by atoms with Gasteiger partial charge < -0.3 is 4.74 Å². The average Bonchev–Trinajstić information content (AvgIpc) is 3.06.